The Morgan fingerprint density at radius 1 is 1.57 bits per heavy atom. The maximum absolute atomic E-state index is 11.3. The molecule has 0 bridgehead atoms. The summed E-state index contributed by atoms with van der Waals surface area (Å²) in [6.07, 6.45) is 2.26. The van der Waals surface area contributed by atoms with E-state index in [4.69, 9.17) is 4.52 Å². The summed E-state index contributed by atoms with van der Waals surface area (Å²) in [6.45, 7) is 4.49. The first kappa shape index (κ1) is 10.7. The van der Waals surface area contributed by atoms with Crippen LogP contribution in [0.25, 0.3) is 0 Å². The highest BCUT2D eigenvalue weighted by Gasteiger charge is 2.07. The van der Waals surface area contributed by atoms with E-state index in [0.29, 0.717) is 18.3 Å². The van der Waals surface area contributed by atoms with Crippen LogP contribution in [0.3, 0.4) is 0 Å². The molecule has 5 heteroatoms. The quantitative estimate of drug-likeness (QED) is 0.710. The minimum atomic E-state index is -0.0562. The Labute approximate surface area is 82.9 Å². The van der Waals surface area contributed by atoms with E-state index in [9.17, 15) is 4.79 Å². The second-order valence-corrected chi connectivity index (χ2v) is 3.11. The highest BCUT2D eigenvalue weighted by Crippen LogP contribution is 1.95. The van der Waals surface area contributed by atoms with Crippen LogP contribution in [0.1, 0.15) is 31.5 Å². The fourth-order valence-corrected chi connectivity index (χ4v) is 1.02. The van der Waals surface area contributed by atoms with Crippen LogP contribution in [-0.2, 0) is 11.2 Å². The lowest BCUT2D eigenvalue weighted by molar-refractivity contribution is -0.120. The molecule has 1 aromatic rings. The molecule has 1 amide bonds. The summed E-state index contributed by atoms with van der Waals surface area (Å²) < 4.78 is 4.75. The van der Waals surface area contributed by atoms with Gasteiger partial charge in [-0.05, 0) is 6.42 Å². The standard InChI is InChI=1S/C9H15N3O2/c1-3-4-5-10-9(13)6-8-11-7(2)14-12-8/h3-6H2,1-2H3,(H,10,13). The Morgan fingerprint density at radius 2 is 2.36 bits per heavy atom. The van der Waals surface area contributed by atoms with Crippen molar-refractivity contribution in [3.05, 3.63) is 11.7 Å². The zero-order valence-corrected chi connectivity index (χ0v) is 8.54. The molecule has 14 heavy (non-hydrogen) atoms. The van der Waals surface area contributed by atoms with Crippen LogP contribution in [0.4, 0.5) is 0 Å². The van der Waals surface area contributed by atoms with E-state index < -0.39 is 0 Å². The van der Waals surface area contributed by atoms with Gasteiger partial charge in [-0.2, -0.15) is 4.98 Å². The number of unbranched alkanes of at least 4 members (excludes halogenated alkanes) is 1. The van der Waals surface area contributed by atoms with Crippen molar-refractivity contribution < 1.29 is 9.32 Å². The zero-order chi connectivity index (χ0) is 10.4. The Morgan fingerprint density at radius 3 is 2.93 bits per heavy atom. The molecule has 1 aromatic heterocycles. The number of nitrogens with one attached hydrogen (secondary N) is 1. The van der Waals surface area contributed by atoms with Crippen molar-refractivity contribution in [3.8, 4) is 0 Å². The van der Waals surface area contributed by atoms with Crippen molar-refractivity contribution in [3.63, 3.8) is 0 Å². The molecule has 0 aliphatic rings. The SMILES string of the molecule is CCCCNC(=O)Cc1noc(C)n1. The smallest absolute Gasteiger partial charge is 0.227 e. The molecular formula is C9H15N3O2. The highest BCUT2D eigenvalue weighted by atomic mass is 16.5. The lowest BCUT2D eigenvalue weighted by Crippen LogP contribution is -2.26. The van der Waals surface area contributed by atoms with E-state index >= 15 is 0 Å². The summed E-state index contributed by atoms with van der Waals surface area (Å²) >= 11 is 0. The van der Waals surface area contributed by atoms with Crippen LogP contribution in [0, 0.1) is 6.92 Å². The van der Waals surface area contributed by atoms with Crippen molar-refractivity contribution in [2.24, 2.45) is 0 Å². The van der Waals surface area contributed by atoms with Crippen molar-refractivity contribution in [1.82, 2.24) is 15.5 Å². The van der Waals surface area contributed by atoms with Gasteiger partial charge >= 0.3 is 0 Å². The third-order valence-corrected chi connectivity index (χ3v) is 1.74. The molecule has 0 radical (unpaired) electrons. The molecule has 0 aliphatic heterocycles. The average Bonchev–Trinajstić information content (AvgIpc) is 2.52. The predicted molar refractivity (Wildman–Crippen MR) is 50.7 cm³/mol. The van der Waals surface area contributed by atoms with Gasteiger partial charge in [-0.15, -0.1) is 0 Å². The molecule has 0 atom stereocenters. The topological polar surface area (TPSA) is 68.0 Å². The maximum atomic E-state index is 11.3. The molecule has 1 rings (SSSR count). The number of nitrogens with zero attached hydrogens (tertiary/aromatic N) is 2. The first-order valence-electron chi connectivity index (χ1n) is 4.78. The van der Waals surface area contributed by atoms with Gasteiger partial charge in [-0.3, -0.25) is 4.79 Å². The molecular weight excluding hydrogens is 182 g/mol. The van der Waals surface area contributed by atoms with Gasteiger partial charge in [-0.25, -0.2) is 0 Å². The second kappa shape index (κ2) is 5.36. The van der Waals surface area contributed by atoms with Gasteiger partial charge in [0.2, 0.25) is 11.8 Å². The third kappa shape index (κ3) is 3.55. The lowest BCUT2D eigenvalue weighted by Gasteiger charge is -2.00. The van der Waals surface area contributed by atoms with Gasteiger partial charge in [0.15, 0.2) is 5.82 Å². The van der Waals surface area contributed by atoms with Gasteiger partial charge in [0, 0.05) is 13.5 Å². The molecule has 0 saturated carbocycles. The molecule has 5 nitrogen and oxygen atoms in total. The molecule has 0 fully saturated rings. The number of aromatic nitrogens is 2. The van der Waals surface area contributed by atoms with Crippen molar-refractivity contribution >= 4 is 5.91 Å². The molecule has 1 heterocycles. The Balaban J connectivity index is 2.27. The van der Waals surface area contributed by atoms with Gasteiger partial charge < -0.3 is 9.84 Å². The minimum Gasteiger partial charge on any atom is -0.356 e. The largest absolute Gasteiger partial charge is 0.356 e. The fourth-order valence-electron chi connectivity index (χ4n) is 1.02. The summed E-state index contributed by atoms with van der Waals surface area (Å²) in [5, 5.41) is 6.42. The van der Waals surface area contributed by atoms with E-state index in [1.165, 1.54) is 0 Å². The predicted octanol–water partition coefficient (Wildman–Crippen LogP) is 0.837. The number of hydrogen-bond acceptors (Lipinski definition) is 4. The summed E-state index contributed by atoms with van der Waals surface area (Å²) in [4.78, 5) is 15.2. The van der Waals surface area contributed by atoms with Gasteiger partial charge in [0.1, 0.15) is 0 Å². The third-order valence-electron chi connectivity index (χ3n) is 1.74. The fraction of sp³-hybridized carbons (Fsp3) is 0.667. The Hall–Kier alpha value is -1.39. The van der Waals surface area contributed by atoms with E-state index in [-0.39, 0.29) is 12.3 Å². The minimum absolute atomic E-state index is 0.0562. The monoisotopic (exact) mass is 197 g/mol. The van der Waals surface area contributed by atoms with Crippen LogP contribution in [0.15, 0.2) is 4.52 Å². The molecule has 78 valence electrons. The molecule has 0 aromatic carbocycles. The highest BCUT2D eigenvalue weighted by molar-refractivity contribution is 5.77. The van der Waals surface area contributed by atoms with E-state index in [2.05, 4.69) is 22.4 Å². The Kier molecular flexibility index (Phi) is 4.10. The number of carbonyl (C=O) groups excluding carboxylic acids is 1. The molecule has 1 N–H and O–H groups in total. The Bertz CT molecular complexity index is 296. The number of amides is 1. The summed E-state index contributed by atoms with van der Waals surface area (Å²) in [6, 6.07) is 0. The van der Waals surface area contributed by atoms with E-state index in [0.717, 1.165) is 12.8 Å². The molecule has 0 unspecified atom stereocenters. The normalized spacial score (nSPS) is 10.1. The number of rotatable bonds is 5. The van der Waals surface area contributed by atoms with E-state index in [1.807, 2.05) is 0 Å². The van der Waals surface area contributed by atoms with Gasteiger partial charge in [0.25, 0.3) is 0 Å². The van der Waals surface area contributed by atoms with Gasteiger partial charge in [0.05, 0.1) is 6.42 Å². The molecule has 0 spiro atoms. The summed E-state index contributed by atoms with van der Waals surface area (Å²) in [5.41, 5.74) is 0. The average molecular weight is 197 g/mol. The maximum Gasteiger partial charge on any atom is 0.227 e. The first-order chi connectivity index (χ1) is 6.72. The van der Waals surface area contributed by atoms with Crippen molar-refractivity contribution in [2.75, 3.05) is 6.54 Å². The zero-order valence-electron chi connectivity index (χ0n) is 8.54. The first-order valence-corrected chi connectivity index (χ1v) is 4.78. The van der Waals surface area contributed by atoms with Crippen LogP contribution in [-0.4, -0.2) is 22.6 Å². The van der Waals surface area contributed by atoms with Crippen LogP contribution < -0.4 is 5.32 Å². The van der Waals surface area contributed by atoms with Crippen molar-refractivity contribution in [1.29, 1.82) is 0 Å². The summed E-state index contributed by atoms with van der Waals surface area (Å²) in [7, 11) is 0. The number of hydrogen-bond donors (Lipinski definition) is 1. The molecule has 0 saturated heterocycles. The lowest BCUT2D eigenvalue weighted by atomic mass is 10.3. The second-order valence-electron chi connectivity index (χ2n) is 3.11. The number of aryl methyl sites for hydroxylation is 1. The van der Waals surface area contributed by atoms with Crippen LogP contribution in [0.5, 0.6) is 0 Å². The van der Waals surface area contributed by atoms with Gasteiger partial charge in [-0.1, -0.05) is 18.5 Å². The number of carbonyl (C=O) groups is 1. The van der Waals surface area contributed by atoms with Crippen LogP contribution >= 0.6 is 0 Å². The van der Waals surface area contributed by atoms with Crippen LogP contribution in [0.2, 0.25) is 0 Å². The van der Waals surface area contributed by atoms with E-state index in [1.54, 1.807) is 6.92 Å². The molecule has 0 aliphatic carbocycles. The van der Waals surface area contributed by atoms with Crippen molar-refractivity contribution in [2.45, 2.75) is 33.1 Å². The summed E-state index contributed by atoms with van der Waals surface area (Å²) in [5.74, 6) is 0.872.